The quantitative estimate of drug-likeness (QED) is 0.859. The number of rotatable bonds is 4. The minimum atomic E-state index is -0.0824. The highest BCUT2D eigenvalue weighted by Gasteiger charge is 2.21. The fourth-order valence-corrected chi connectivity index (χ4v) is 2.94. The van der Waals surface area contributed by atoms with Crippen molar-refractivity contribution in [2.24, 2.45) is 13.0 Å². The second kappa shape index (κ2) is 5.85. The third-order valence-corrected chi connectivity index (χ3v) is 3.99. The normalized spacial score (nSPS) is 26.2. The molecule has 0 aliphatic heterocycles. The maximum Gasteiger partial charge on any atom is 0.0641 e. The lowest BCUT2D eigenvalue weighted by Crippen LogP contribution is -2.30. The standard InChI is InChI=1S/C14H25N3O/c1-10(14-9-17(3)16-11(14)2)15-8-12-5-4-6-13(18)7-12/h9-10,12-13,15,18H,4-8H2,1-3H3. The van der Waals surface area contributed by atoms with Crippen LogP contribution in [0, 0.1) is 12.8 Å². The molecule has 18 heavy (non-hydrogen) atoms. The molecule has 102 valence electrons. The summed E-state index contributed by atoms with van der Waals surface area (Å²) >= 11 is 0. The molecule has 4 nitrogen and oxygen atoms in total. The summed E-state index contributed by atoms with van der Waals surface area (Å²) in [6, 6.07) is 0.331. The number of nitrogens with zero attached hydrogens (tertiary/aromatic N) is 2. The van der Waals surface area contributed by atoms with Crippen molar-refractivity contribution in [2.75, 3.05) is 6.54 Å². The minimum absolute atomic E-state index is 0.0824. The Bertz CT molecular complexity index is 388. The molecular formula is C14H25N3O. The van der Waals surface area contributed by atoms with Crippen LogP contribution in [0.4, 0.5) is 0 Å². The molecule has 1 aromatic rings. The first-order chi connectivity index (χ1) is 8.56. The molecule has 2 N–H and O–H groups in total. The molecule has 1 saturated carbocycles. The second-order valence-corrected chi connectivity index (χ2v) is 5.66. The van der Waals surface area contributed by atoms with Crippen LogP contribution in [0.15, 0.2) is 6.20 Å². The van der Waals surface area contributed by atoms with Gasteiger partial charge in [0, 0.05) is 24.8 Å². The molecule has 2 rings (SSSR count). The van der Waals surface area contributed by atoms with E-state index in [4.69, 9.17) is 0 Å². The molecule has 0 amide bonds. The largest absolute Gasteiger partial charge is 0.393 e. The number of aryl methyl sites for hydroxylation is 2. The highest BCUT2D eigenvalue weighted by atomic mass is 16.3. The van der Waals surface area contributed by atoms with Crippen LogP contribution in [0.1, 0.15) is 49.9 Å². The van der Waals surface area contributed by atoms with Gasteiger partial charge in [-0.05, 0) is 45.6 Å². The smallest absolute Gasteiger partial charge is 0.0641 e. The Kier molecular flexibility index (Phi) is 4.40. The SMILES string of the molecule is Cc1nn(C)cc1C(C)NCC1CCCC(O)C1. The van der Waals surface area contributed by atoms with Crippen molar-refractivity contribution < 1.29 is 5.11 Å². The van der Waals surface area contributed by atoms with Crippen molar-refractivity contribution in [2.45, 2.75) is 51.7 Å². The van der Waals surface area contributed by atoms with Gasteiger partial charge in [-0.3, -0.25) is 4.68 Å². The molecule has 1 aliphatic rings. The van der Waals surface area contributed by atoms with Crippen LogP contribution in [-0.2, 0) is 7.05 Å². The average Bonchev–Trinajstić information content (AvgIpc) is 2.66. The first-order valence-corrected chi connectivity index (χ1v) is 6.98. The van der Waals surface area contributed by atoms with E-state index in [0.29, 0.717) is 12.0 Å². The molecule has 1 fully saturated rings. The van der Waals surface area contributed by atoms with Crippen LogP contribution >= 0.6 is 0 Å². The summed E-state index contributed by atoms with van der Waals surface area (Å²) in [7, 11) is 1.96. The third kappa shape index (κ3) is 3.33. The van der Waals surface area contributed by atoms with Crippen LogP contribution in [0.25, 0.3) is 0 Å². The lowest BCUT2D eigenvalue weighted by Gasteiger charge is -2.27. The summed E-state index contributed by atoms with van der Waals surface area (Å²) in [6.07, 6.45) is 6.33. The van der Waals surface area contributed by atoms with Crippen molar-refractivity contribution in [3.63, 3.8) is 0 Å². The molecule has 4 heteroatoms. The van der Waals surface area contributed by atoms with Gasteiger partial charge in [0.1, 0.15) is 0 Å². The monoisotopic (exact) mass is 251 g/mol. The first kappa shape index (κ1) is 13.6. The molecule has 1 aliphatic carbocycles. The van der Waals surface area contributed by atoms with Gasteiger partial charge in [-0.1, -0.05) is 6.42 Å². The van der Waals surface area contributed by atoms with E-state index in [2.05, 4.69) is 30.5 Å². The average molecular weight is 251 g/mol. The fraction of sp³-hybridized carbons (Fsp3) is 0.786. The molecule has 1 heterocycles. The van der Waals surface area contributed by atoms with Crippen LogP contribution in [0.2, 0.25) is 0 Å². The van der Waals surface area contributed by atoms with Crippen molar-refractivity contribution in [1.82, 2.24) is 15.1 Å². The Balaban J connectivity index is 1.84. The van der Waals surface area contributed by atoms with E-state index in [0.717, 1.165) is 31.5 Å². The minimum Gasteiger partial charge on any atom is -0.393 e. The van der Waals surface area contributed by atoms with Gasteiger partial charge in [0.05, 0.1) is 11.8 Å². The van der Waals surface area contributed by atoms with E-state index < -0.39 is 0 Å². The maximum absolute atomic E-state index is 9.67. The zero-order chi connectivity index (χ0) is 13.1. The zero-order valence-electron chi connectivity index (χ0n) is 11.7. The summed E-state index contributed by atoms with van der Waals surface area (Å²) in [5, 5.41) is 17.6. The number of aliphatic hydroxyl groups is 1. The molecular weight excluding hydrogens is 226 g/mol. The maximum atomic E-state index is 9.67. The third-order valence-electron chi connectivity index (χ3n) is 3.99. The van der Waals surface area contributed by atoms with Crippen molar-refractivity contribution in [3.05, 3.63) is 17.5 Å². The molecule has 3 unspecified atom stereocenters. The molecule has 0 radical (unpaired) electrons. The summed E-state index contributed by atoms with van der Waals surface area (Å²) in [5.41, 5.74) is 2.37. The Morgan fingerprint density at radius 2 is 2.33 bits per heavy atom. The Morgan fingerprint density at radius 3 is 2.94 bits per heavy atom. The van der Waals surface area contributed by atoms with Gasteiger partial charge in [0.25, 0.3) is 0 Å². The summed E-state index contributed by atoms with van der Waals surface area (Å²) in [6.45, 7) is 5.23. The molecule has 1 aromatic heterocycles. The number of hydrogen-bond donors (Lipinski definition) is 2. The van der Waals surface area contributed by atoms with Gasteiger partial charge in [0.2, 0.25) is 0 Å². The Morgan fingerprint density at radius 1 is 1.56 bits per heavy atom. The summed E-state index contributed by atoms with van der Waals surface area (Å²) in [5.74, 6) is 0.619. The first-order valence-electron chi connectivity index (χ1n) is 6.98. The van der Waals surface area contributed by atoms with Gasteiger partial charge in [-0.25, -0.2) is 0 Å². The van der Waals surface area contributed by atoms with Gasteiger partial charge in [-0.15, -0.1) is 0 Å². The predicted molar refractivity (Wildman–Crippen MR) is 72.3 cm³/mol. The Labute approximate surface area is 109 Å². The van der Waals surface area contributed by atoms with Crippen molar-refractivity contribution in [3.8, 4) is 0 Å². The van der Waals surface area contributed by atoms with Crippen molar-refractivity contribution >= 4 is 0 Å². The Hall–Kier alpha value is -0.870. The number of hydrogen-bond acceptors (Lipinski definition) is 3. The van der Waals surface area contributed by atoms with E-state index >= 15 is 0 Å². The second-order valence-electron chi connectivity index (χ2n) is 5.66. The number of aromatic nitrogens is 2. The van der Waals surface area contributed by atoms with E-state index in [1.54, 1.807) is 0 Å². The molecule has 0 aromatic carbocycles. The van der Waals surface area contributed by atoms with Crippen LogP contribution in [0.5, 0.6) is 0 Å². The van der Waals surface area contributed by atoms with Crippen molar-refractivity contribution in [1.29, 1.82) is 0 Å². The van der Waals surface area contributed by atoms with Gasteiger partial charge in [-0.2, -0.15) is 5.10 Å². The van der Waals surface area contributed by atoms with Crippen LogP contribution < -0.4 is 5.32 Å². The lowest BCUT2D eigenvalue weighted by molar-refractivity contribution is 0.0998. The van der Waals surface area contributed by atoms with E-state index in [9.17, 15) is 5.11 Å². The fourth-order valence-electron chi connectivity index (χ4n) is 2.94. The number of aliphatic hydroxyl groups excluding tert-OH is 1. The molecule has 0 bridgehead atoms. The highest BCUT2D eigenvalue weighted by molar-refractivity contribution is 5.19. The summed E-state index contributed by atoms with van der Waals surface area (Å²) < 4.78 is 1.87. The zero-order valence-corrected chi connectivity index (χ0v) is 11.7. The molecule has 3 atom stereocenters. The van der Waals surface area contributed by atoms with Gasteiger partial charge in [0.15, 0.2) is 0 Å². The van der Waals surface area contributed by atoms with Crippen LogP contribution in [0.3, 0.4) is 0 Å². The van der Waals surface area contributed by atoms with E-state index in [1.807, 2.05) is 11.7 Å². The highest BCUT2D eigenvalue weighted by Crippen LogP contribution is 2.24. The predicted octanol–water partition coefficient (Wildman–Crippen LogP) is 1.93. The van der Waals surface area contributed by atoms with Crippen LogP contribution in [-0.4, -0.2) is 27.5 Å². The summed E-state index contributed by atoms with van der Waals surface area (Å²) in [4.78, 5) is 0. The van der Waals surface area contributed by atoms with Gasteiger partial charge < -0.3 is 10.4 Å². The molecule has 0 saturated heterocycles. The lowest BCUT2D eigenvalue weighted by atomic mass is 9.87. The topological polar surface area (TPSA) is 50.1 Å². The molecule has 0 spiro atoms. The number of nitrogens with one attached hydrogen (secondary N) is 1. The van der Waals surface area contributed by atoms with E-state index in [1.165, 1.54) is 12.0 Å². The van der Waals surface area contributed by atoms with Gasteiger partial charge >= 0.3 is 0 Å². The van der Waals surface area contributed by atoms with E-state index in [-0.39, 0.29) is 6.10 Å².